The second-order valence-electron chi connectivity index (χ2n) is 5.66. The van der Waals surface area contributed by atoms with Crippen LogP contribution in [-0.4, -0.2) is 25.0 Å². The zero-order valence-corrected chi connectivity index (χ0v) is 14.6. The Bertz CT molecular complexity index is 684. The molecule has 2 rings (SSSR count). The van der Waals surface area contributed by atoms with Crippen LogP contribution in [0.15, 0.2) is 54.6 Å². The van der Waals surface area contributed by atoms with Crippen LogP contribution >= 0.6 is 0 Å². The topological polar surface area (TPSA) is 67.4 Å². The van der Waals surface area contributed by atoms with Gasteiger partial charge in [-0.15, -0.1) is 0 Å². The first-order valence-corrected chi connectivity index (χ1v) is 8.45. The van der Waals surface area contributed by atoms with E-state index in [1.165, 1.54) is 0 Å². The van der Waals surface area contributed by atoms with Crippen molar-refractivity contribution in [2.24, 2.45) is 0 Å². The Balaban J connectivity index is 1.75. The molecule has 5 nitrogen and oxygen atoms in total. The minimum absolute atomic E-state index is 0.102. The average molecular weight is 340 g/mol. The van der Waals surface area contributed by atoms with E-state index in [1.54, 1.807) is 24.3 Å². The third-order valence-corrected chi connectivity index (χ3v) is 3.74. The van der Waals surface area contributed by atoms with Gasteiger partial charge in [0.1, 0.15) is 5.75 Å². The lowest BCUT2D eigenvalue weighted by atomic mass is 10.1. The molecule has 0 aliphatic carbocycles. The molecule has 0 fully saturated rings. The number of carbonyl (C=O) groups is 2. The Morgan fingerprint density at radius 2 is 1.72 bits per heavy atom. The number of nitrogens with one attached hydrogen (secondary N) is 2. The van der Waals surface area contributed by atoms with Crippen LogP contribution in [-0.2, 0) is 4.79 Å². The molecule has 0 spiro atoms. The fourth-order valence-electron chi connectivity index (χ4n) is 2.40. The molecule has 2 N–H and O–H groups in total. The fourth-order valence-corrected chi connectivity index (χ4v) is 2.40. The number of rotatable bonds is 8. The first kappa shape index (κ1) is 18.5. The minimum Gasteiger partial charge on any atom is -0.494 e. The first-order chi connectivity index (χ1) is 12.1. The van der Waals surface area contributed by atoms with Gasteiger partial charge in [0, 0.05) is 18.5 Å². The van der Waals surface area contributed by atoms with Gasteiger partial charge in [0.2, 0.25) is 5.91 Å². The van der Waals surface area contributed by atoms with Crippen molar-refractivity contribution in [2.75, 3.05) is 13.2 Å². The van der Waals surface area contributed by atoms with Gasteiger partial charge in [-0.25, -0.2) is 0 Å². The van der Waals surface area contributed by atoms with Crippen molar-refractivity contribution in [1.29, 1.82) is 0 Å². The highest BCUT2D eigenvalue weighted by atomic mass is 16.5. The lowest BCUT2D eigenvalue weighted by Gasteiger charge is -2.15. The quantitative estimate of drug-likeness (QED) is 0.776. The molecule has 25 heavy (non-hydrogen) atoms. The van der Waals surface area contributed by atoms with Gasteiger partial charge in [0.15, 0.2) is 0 Å². The molecule has 0 heterocycles. The number of hydrogen-bond donors (Lipinski definition) is 2. The van der Waals surface area contributed by atoms with Crippen molar-refractivity contribution >= 4 is 11.8 Å². The van der Waals surface area contributed by atoms with Crippen molar-refractivity contribution in [2.45, 2.75) is 26.3 Å². The zero-order valence-electron chi connectivity index (χ0n) is 14.6. The van der Waals surface area contributed by atoms with Gasteiger partial charge in [-0.2, -0.15) is 0 Å². The zero-order chi connectivity index (χ0) is 18.1. The summed E-state index contributed by atoms with van der Waals surface area (Å²) in [5, 5.41) is 5.68. The van der Waals surface area contributed by atoms with Gasteiger partial charge in [-0.3, -0.25) is 9.59 Å². The van der Waals surface area contributed by atoms with Crippen molar-refractivity contribution in [1.82, 2.24) is 10.6 Å². The Morgan fingerprint density at radius 3 is 2.36 bits per heavy atom. The minimum atomic E-state index is -0.173. The molecule has 1 atom stereocenters. The largest absolute Gasteiger partial charge is 0.494 e. The predicted octanol–water partition coefficient (Wildman–Crippen LogP) is 3.08. The van der Waals surface area contributed by atoms with Crippen LogP contribution in [0, 0.1) is 0 Å². The smallest absolute Gasteiger partial charge is 0.251 e. The second kappa shape index (κ2) is 9.47. The summed E-state index contributed by atoms with van der Waals surface area (Å²) in [5.74, 6) is 0.538. The van der Waals surface area contributed by atoms with Crippen LogP contribution in [0.4, 0.5) is 0 Å². The van der Waals surface area contributed by atoms with Crippen LogP contribution in [0.1, 0.15) is 42.2 Å². The molecule has 0 aliphatic heterocycles. The van der Waals surface area contributed by atoms with Crippen LogP contribution in [0.2, 0.25) is 0 Å². The van der Waals surface area contributed by atoms with E-state index in [2.05, 4.69) is 10.6 Å². The predicted molar refractivity (Wildman–Crippen MR) is 97.6 cm³/mol. The van der Waals surface area contributed by atoms with E-state index in [1.807, 2.05) is 44.2 Å². The van der Waals surface area contributed by atoms with E-state index in [9.17, 15) is 9.59 Å². The number of benzene rings is 2. The van der Waals surface area contributed by atoms with Crippen molar-refractivity contribution in [3.8, 4) is 5.75 Å². The molecule has 5 heteroatoms. The maximum atomic E-state index is 12.0. The third-order valence-electron chi connectivity index (χ3n) is 3.74. The van der Waals surface area contributed by atoms with Gasteiger partial charge in [-0.05, 0) is 43.7 Å². The van der Waals surface area contributed by atoms with Crippen molar-refractivity contribution < 1.29 is 14.3 Å². The highest BCUT2D eigenvalue weighted by Crippen LogP contribution is 2.17. The summed E-state index contributed by atoms with van der Waals surface area (Å²) in [5.41, 5.74) is 1.59. The SMILES string of the molecule is CCOc1ccc(C(C)NC(=O)CCNC(=O)c2ccccc2)cc1. The highest BCUT2D eigenvalue weighted by molar-refractivity contribution is 5.94. The van der Waals surface area contributed by atoms with Gasteiger partial charge < -0.3 is 15.4 Å². The molecule has 2 aromatic carbocycles. The molecule has 0 saturated carbocycles. The van der Waals surface area contributed by atoms with E-state index in [0.29, 0.717) is 18.7 Å². The second-order valence-corrected chi connectivity index (χ2v) is 5.66. The maximum absolute atomic E-state index is 12.0. The Morgan fingerprint density at radius 1 is 1.04 bits per heavy atom. The van der Waals surface area contributed by atoms with Crippen LogP contribution in [0.25, 0.3) is 0 Å². The van der Waals surface area contributed by atoms with E-state index in [0.717, 1.165) is 11.3 Å². The van der Waals surface area contributed by atoms with Crippen LogP contribution in [0.5, 0.6) is 5.75 Å². The van der Waals surface area contributed by atoms with E-state index in [4.69, 9.17) is 4.74 Å². The average Bonchev–Trinajstić information content (AvgIpc) is 2.63. The summed E-state index contributed by atoms with van der Waals surface area (Å²) in [6.45, 7) is 4.79. The summed E-state index contributed by atoms with van der Waals surface area (Å²) in [7, 11) is 0. The summed E-state index contributed by atoms with van der Waals surface area (Å²) in [4.78, 5) is 23.9. The van der Waals surface area contributed by atoms with Gasteiger partial charge in [-0.1, -0.05) is 30.3 Å². The number of hydrogen-bond acceptors (Lipinski definition) is 3. The Kier molecular flexibility index (Phi) is 7.01. The van der Waals surface area contributed by atoms with E-state index in [-0.39, 0.29) is 24.3 Å². The molecular formula is C20H24N2O3. The normalized spacial score (nSPS) is 11.4. The monoisotopic (exact) mass is 340 g/mol. The molecule has 0 bridgehead atoms. The lowest BCUT2D eigenvalue weighted by Crippen LogP contribution is -2.32. The summed E-state index contributed by atoms with van der Waals surface area (Å²) in [6.07, 6.45) is 0.236. The van der Waals surface area contributed by atoms with Crippen LogP contribution < -0.4 is 15.4 Å². The summed E-state index contributed by atoms with van der Waals surface area (Å²) >= 11 is 0. The van der Waals surface area contributed by atoms with Crippen molar-refractivity contribution in [3.63, 3.8) is 0 Å². The van der Waals surface area contributed by atoms with Gasteiger partial charge >= 0.3 is 0 Å². The third kappa shape index (κ3) is 5.95. The van der Waals surface area contributed by atoms with Crippen LogP contribution in [0.3, 0.4) is 0 Å². The van der Waals surface area contributed by atoms with E-state index >= 15 is 0 Å². The summed E-state index contributed by atoms with van der Waals surface area (Å²) in [6, 6.07) is 16.5. The molecule has 1 unspecified atom stereocenters. The Hall–Kier alpha value is -2.82. The van der Waals surface area contributed by atoms with E-state index < -0.39 is 0 Å². The number of ether oxygens (including phenoxy) is 1. The number of amides is 2. The van der Waals surface area contributed by atoms with Gasteiger partial charge in [0.05, 0.1) is 12.6 Å². The Labute approximate surface area is 148 Å². The highest BCUT2D eigenvalue weighted by Gasteiger charge is 2.10. The molecule has 2 aromatic rings. The lowest BCUT2D eigenvalue weighted by molar-refractivity contribution is -0.121. The molecule has 0 radical (unpaired) electrons. The van der Waals surface area contributed by atoms with Gasteiger partial charge in [0.25, 0.3) is 5.91 Å². The molecule has 0 aromatic heterocycles. The molecule has 0 saturated heterocycles. The maximum Gasteiger partial charge on any atom is 0.251 e. The molecule has 132 valence electrons. The van der Waals surface area contributed by atoms with Crippen molar-refractivity contribution in [3.05, 3.63) is 65.7 Å². The standard InChI is InChI=1S/C20H24N2O3/c1-3-25-18-11-9-16(10-12-18)15(2)22-19(23)13-14-21-20(24)17-7-5-4-6-8-17/h4-12,15H,3,13-14H2,1-2H3,(H,21,24)(H,22,23). The first-order valence-electron chi connectivity index (χ1n) is 8.45. The number of carbonyl (C=O) groups excluding carboxylic acids is 2. The summed E-state index contributed by atoms with van der Waals surface area (Å²) < 4.78 is 5.41. The molecular weight excluding hydrogens is 316 g/mol. The molecule has 0 aliphatic rings. The fraction of sp³-hybridized carbons (Fsp3) is 0.300. The molecule has 2 amide bonds.